The predicted octanol–water partition coefficient (Wildman–Crippen LogP) is 5.25. The van der Waals surface area contributed by atoms with Crippen molar-refractivity contribution in [2.45, 2.75) is 19.5 Å². The fourth-order valence-electron chi connectivity index (χ4n) is 6.36. The Balaban J connectivity index is 1.25. The van der Waals surface area contributed by atoms with Gasteiger partial charge in [0.15, 0.2) is 0 Å². The maximum atomic E-state index is 13.8. The highest BCUT2D eigenvalue weighted by Crippen LogP contribution is 2.32. The molecule has 44 heavy (non-hydrogen) atoms. The van der Waals surface area contributed by atoms with Crippen molar-refractivity contribution in [3.8, 4) is 0 Å². The molecule has 0 unspecified atom stereocenters. The van der Waals surface area contributed by atoms with Gasteiger partial charge in [-0.25, -0.2) is 8.78 Å². The molecular weight excluding hydrogens is 584 g/mol. The summed E-state index contributed by atoms with van der Waals surface area (Å²) in [7, 11) is 2.10. The maximum Gasteiger partial charge on any atom is 0.259 e. The van der Waals surface area contributed by atoms with Gasteiger partial charge in [-0.05, 0) is 61.5 Å². The van der Waals surface area contributed by atoms with Crippen molar-refractivity contribution in [1.82, 2.24) is 19.3 Å². The molecule has 0 saturated carbocycles. The predicted molar refractivity (Wildman–Crippen MR) is 171 cm³/mol. The summed E-state index contributed by atoms with van der Waals surface area (Å²) in [6.45, 7) is 8.02. The molecule has 1 amide bonds. The van der Waals surface area contributed by atoms with Crippen LogP contribution in [-0.2, 0) is 6.54 Å². The number of halogens is 3. The van der Waals surface area contributed by atoms with Crippen LogP contribution in [-0.4, -0.2) is 84.6 Å². The molecule has 3 aromatic carbocycles. The van der Waals surface area contributed by atoms with Crippen molar-refractivity contribution in [2.24, 2.45) is 0 Å². The fourth-order valence-corrected chi connectivity index (χ4v) is 6.64. The number of piperazine rings is 2. The summed E-state index contributed by atoms with van der Waals surface area (Å²) in [6.07, 6.45) is 1.68. The Morgan fingerprint density at radius 3 is 1.95 bits per heavy atom. The van der Waals surface area contributed by atoms with Gasteiger partial charge in [-0.1, -0.05) is 35.9 Å². The molecule has 0 bridgehead atoms. The third-order valence-electron chi connectivity index (χ3n) is 8.90. The number of hydrogen-bond donors (Lipinski definition) is 0. The number of carbonyl (C=O) groups is 1. The Morgan fingerprint density at radius 2 is 1.41 bits per heavy atom. The molecule has 0 atom stereocenters. The van der Waals surface area contributed by atoms with E-state index in [0.717, 1.165) is 48.5 Å². The van der Waals surface area contributed by atoms with Gasteiger partial charge in [-0.2, -0.15) is 0 Å². The minimum Gasteiger partial charge on any atom is -0.368 e. The number of pyridine rings is 1. The molecule has 1 aromatic heterocycles. The van der Waals surface area contributed by atoms with E-state index in [-0.39, 0.29) is 34.6 Å². The zero-order chi connectivity index (χ0) is 31.0. The van der Waals surface area contributed by atoms with Crippen molar-refractivity contribution in [2.75, 3.05) is 64.3 Å². The fraction of sp³-hybridized carbons (Fsp3) is 0.353. The van der Waals surface area contributed by atoms with E-state index in [1.165, 1.54) is 24.3 Å². The number of carbonyl (C=O) groups excluding carboxylic acids is 1. The van der Waals surface area contributed by atoms with Gasteiger partial charge >= 0.3 is 0 Å². The molecule has 2 aliphatic rings. The van der Waals surface area contributed by atoms with Crippen molar-refractivity contribution < 1.29 is 13.6 Å². The van der Waals surface area contributed by atoms with Crippen LogP contribution in [0.3, 0.4) is 0 Å². The highest BCUT2D eigenvalue weighted by atomic mass is 35.5. The lowest BCUT2D eigenvalue weighted by atomic mass is 9.96. The van der Waals surface area contributed by atoms with E-state index in [2.05, 4.69) is 21.7 Å². The molecule has 2 fully saturated rings. The van der Waals surface area contributed by atoms with E-state index < -0.39 is 0 Å². The number of hydrogen-bond acceptors (Lipinski definition) is 5. The second-order valence-corrected chi connectivity index (χ2v) is 12.0. The van der Waals surface area contributed by atoms with Crippen LogP contribution in [0.2, 0.25) is 5.02 Å². The maximum absolute atomic E-state index is 13.8. The Labute approximate surface area is 260 Å². The van der Waals surface area contributed by atoms with Gasteiger partial charge in [-0.3, -0.25) is 14.5 Å². The number of benzene rings is 3. The van der Waals surface area contributed by atoms with Crippen molar-refractivity contribution in [3.05, 3.63) is 110 Å². The normalized spacial score (nSPS) is 16.7. The quantitative estimate of drug-likeness (QED) is 0.295. The molecule has 2 saturated heterocycles. The minimum atomic E-state index is -0.327. The van der Waals surface area contributed by atoms with E-state index in [4.69, 9.17) is 11.6 Å². The smallest absolute Gasteiger partial charge is 0.259 e. The zero-order valence-electron chi connectivity index (χ0n) is 25.0. The van der Waals surface area contributed by atoms with Crippen LogP contribution in [0.25, 0.3) is 10.9 Å². The Hall–Kier alpha value is -3.79. The Kier molecular flexibility index (Phi) is 8.71. The summed E-state index contributed by atoms with van der Waals surface area (Å²) in [5.41, 5.74) is 3.24. The summed E-state index contributed by atoms with van der Waals surface area (Å²) in [5.74, 6) is -0.961. The van der Waals surface area contributed by atoms with Crippen LogP contribution in [0, 0.1) is 11.6 Å². The average molecular weight is 620 g/mol. The van der Waals surface area contributed by atoms with E-state index in [9.17, 15) is 18.4 Å². The number of nitrogens with zero attached hydrogens (tertiary/aromatic N) is 5. The molecule has 3 heterocycles. The van der Waals surface area contributed by atoms with Crippen LogP contribution in [0.4, 0.5) is 14.5 Å². The molecule has 0 aliphatic carbocycles. The largest absolute Gasteiger partial charge is 0.368 e. The average Bonchev–Trinajstić information content (AvgIpc) is 3.04. The first-order valence-corrected chi connectivity index (χ1v) is 15.5. The molecule has 2 aliphatic heterocycles. The standard InChI is InChI=1S/C34H36ClF2N5O2/c1-3-39-22-28(33(43)27-20-29(35)31(21-30(27)39)40-14-12-38(2)13-15-40)34(44)42-18-16-41(17-19-42)32(23-4-8-25(36)9-5-23)24-6-10-26(37)11-7-24/h4-11,20-22,32H,3,12-19H2,1-2H3. The van der Waals surface area contributed by atoms with Gasteiger partial charge in [0.05, 0.1) is 22.3 Å². The summed E-state index contributed by atoms with van der Waals surface area (Å²) in [5, 5.41) is 0.944. The summed E-state index contributed by atoms with van der Waals surface area (Å²) >= 11 is 6.74. The number of anilines is 1. The molecule has 0 spiro atoms. The lowest BCUT2D eigenvalue weighted by Crippen LogP contribution is -2.50. The SMILES string of the molecule is CCn1cc(C(=O)N2CCN(C(c3ccc(F)cc3)c3ccc(F)cc3)CC2)c(=O)c2cc(Cl)c(N3CCN(C)CC3)cc21. The summed E-state index contributed by atoms with van der Waals surface area (Å²) in [6, 6.07) is 16.1. The number of aryl methyl sites for hydroxylation is 1. The zero-order valence-corrected chi connectivity index (χ0v) is 25.7. The third-order valence-corrected chi connectivity index (χ3v) is 9.20. The van der Waals surface area contributed by atoms with E-state index in [0.29, 0.717) is 43.1 Å². The highest BCUT2D eigenvalue weighted by Gasteiger charge is 2.30. The molecular formula is C34H36ClF2N5O2. The second kappa shape index (κ2) is 12.7. The van der Waals surface area contributed by atoms with Crippen LogP contribution in [0.5, 0.6) is 0 Å². The van der Waals surface area contributed by atoms with Gasteiger partial charge in [0.25, 0.3) is 5.91 Å². The van der Waals surface area contributed by atoms with Gasteiger partial charge in [0, 0.05) is 70.5 Å². The lowest BCUT2D eigenvalue weighted by molar-refractivity contribution is 0.0595. The van der Waals surface area contributed by atoms with Gasteiger partial charge in [0.1, 0.15) is 17.2 Å². The van der Waals surface area contributed by atoms with E-state index >= 15 is 0 Å². The van der Waals surface area contributed by atoms with Crippen molar-refractivity contribution in [1.29, 1.82) is 0 Å². The van der Waals surface area contributed by atoms with Gasteiger partial charge in [-0.15, -0.1) is 0 Å². The first kappa shape index (κ1) is 30.2. The lowest BCUT2D eigenvalue weighted by Gasteiger charge is -2.39. The Bertz CT molecular complexity index is 1670. The van der Waals surface area contributed by atoms with Gasteiger partial charge < -0.3 is 19.3 Å². The molecule has 230 valence electrons. The van der Waals surface area contributed by atoms with Crippen molar-refractivity contribution in [3.63, 3.8) is 0 Å². The van der Waals surface area contributed by atoms with Crippen LogP contribution in [0.15, 0.2) is 71.7 Å². The van der Waals surface area contributed by atoms with Crippen LogP contribution in [0.1, 0.15) is 34.5 Å². The summed E-state index contributed by atoms with van der Waals surface area (Å²) in [4.78, 5) is 36.0. The highest BCUT2D eigenvalue weighted by molar-refractivity contribution is 6.34. The number of likely N-dealkylation sites (N-methyl/N-ethyl adjacent to an activating group) is 1. The van der Waals surface area contributed by atoms with E-state index in [1.807, 2.05) is 17.6 Å². The molecule has 0 radical (unpaired) electrons. The molecule has 7 nitrogen and oxygen atoms in total. The number of fused-ring (bicyclic) bond motifs is 1. The molecule has 0 N–H and O–H groups in total. The number of aromatic nitrogens is 1. The van der Waals surface area contributed by atoms with Crippen LogP contribution >= 0.6 is 11.6 Å². The van der Waals surface area contributed by atoms with Crippen molar-refractivity contribution >= 4 is 34.1 Å². The topological polar surface area (TPSA) is 52.0 Å². The second-order valence-electron chi connectivity index (χ2n) is 11.6. The first-order valence-electron chi connectivity index (χ1n) is 15.1. The molecule has 6 rings (SSSR count). The first-order chi connectivity index (χ1) is 21.2. The third kappa shape index (κ3) is 5.96. The van der Waals surface area contributed by atoms with Gasteiger partial charge in [0.2, 0.25) is 5.43 Å². The number of rotatable bonds is 6. The summed E-state index contributed by atoms with van der Waals surface area (Å²) < 4.78 is 29.4. The van der Waals surface area contributed by atoms with E-state index in [1.54, 1.807) is 41.4 Å². The Morgan fingerprint density at radius 1 is 0.841 bits per heavy atom. The number of amides is 1. The van der Waals surface area contributed by atoms with Crippen LogP contribution < -0.4 is 10.3 Å². The monoisotopic (exact) mass is 619 g/mol. The molecule has 4 aromatic rings. The molecule has 10 heteroatoms. The minimum absolute atomic E-state index is 0.129.